The molecule has 15 heteroatoms. The van der Waals surface area contributed by atoms with Crippen LogP contribution in [0, 0.1) is 0 Å². The number of aliphatic carboxylic acids is 3. The van der Waals surface area contributed by atoms with Crippen LogP contribution in [0.2, 0.25) is 0 Å². The van der Waals surface area contributed by atoms with Gasteiger partial charge in [-0.25, -0.2) is 0 Å². The summed E-state index contributed by atoms with van der Waals surface area (Å²) in [6, 6.07) is 13.2. The van der Waals surface area contributed by atoms with Gasteiger partial charge in [0.05, 0.1) is 46.9 Å². The van der Waals surface area contributed by atoms with Crippen molar-refractivity contribution in [3.05, 3.63) is 48.5 Å². The maximum absolute atomic E-state index is 12.6. The fourth-order valence-corrected chi connectivity index (χ4v) is 3.99. The quantitative estimate of drug-likeness (QED) is 0.140. The van der Waals surface area contributed by atoms with Gasteiger partial charge in [-0.1, -0.05) is 0 Å². The summed E-state index contributed by atoms with van der Waals surface area (Å²) in [6.07, 6.45) is 0. The average molecular weight is 604 g/mol. The zero-order chi connectivity index (χ0) is 31.8. The minimum absolute atomic E-state index is 0.0342. The van der Waals surface area contributed by atoms with Gasteiger partial charge in [0.2, 0.25) is 11.8 Å². The molecule has 43 heavy (non-hydrogen) atoms. The Balaban J connectivity index is 1.98. The number of nitrogens with one attached hydrogen (secondary N) is 2. The van der Waals surface area contributed by atoms with Gasteiger partial charge in [-0.2, -0.15) is 0 Å². The highest BCUT2D eigenvalue weighted by Gasteiger charge is 2.20. The number of carboxylic acid groups (broad SMARTS) is 3. The largest absolute Gasteiger partial charge is 0.497 e. The molecule has 0 heterocycles. The Kier molecular flexibility index (Phi) is 14.4. The number of carbonyl (C=O) groups is 5. The molecule has 0 aliphatic rings. The van der Waals surface area contributed by atoms with Gasteiger partial charge in [0.25, 0.3) is 0 Å². The first-order chi connectivity index (χ1) is 20.5. The van der Waals surface area contributed by atoms with Gasteiger partial charge < -0.3 is 35.4 Å². The van der Waals surface area contributed by atoms with E-state index in [1.807, 2.05) is 0 Å². The Bertz CT molecular complexity index is 1140. The number of hydrogen-bond donors (Lipinski definition) is 5. The Labute approximate surface area is 248 Å². The molecule has 2 aromatic carbocycles. The topological polar surface area (TPSA) is 198 Å². The van der Waals surface area contributed by atoms with E-state index < -0.39 is 49.4 Å². The van der Waals surface area contributed by atoms with E-state index in [1.54, 1.807) is 48.5 Å². The Morgan fingerprint density at radius 1 is 0.535 bits per heavy atom. The minimum Gasteiger partial charge on any atom is -0.497 e. The van der Waals surface area contributed by atoms with Crippen molar-refractivity contribution in [1.29, 1.82) is 0 Å². The van der Waals surface area contributed by atoms with Gasteiger partial charge in [0.15, 0.2) is 0 Å². The van der Waals surface area contributed by atoms with E-state index in [9.17, 15) is 39.3 Å². The van der Waals surface area contributed by atoms with Crippen molar-refractivity contribution in [3.8, 4) is 11.5 Å². The molecule has 0 saturated carbocycles. The third kappa shape index (κ3) is 14.1. The summed E-state index contributed by atoms with van der Waals surface area (Å²) in [4.78, 5) is 63.7. The molecule has 0 atom stereocenters. The number of methoxy groups -OCH3 is 2. The maximum Gasteiger partial charge on any atom is 0.317 e. The van der Waals surface area contributed by atoms with E-state index >= 15 is 0 Å². The third-order valence-electron chi connectivity index (χ3n) is 6.02. The summed E-state index contributed by atoms with van der Waals surface area (Å²) < 4.78 is 10.2. The van der Waals surface area contributed by atoms with E-state index in [2.05, 4.69) is 10.6 Å². The van der Waals surface area contributed by atoms with Gasteiger partial charge in [-0.3, -0.25) is 38.7 Å². The van der Waals surface area contributed by atoms with Crippen LogP contribution in [0.5, 0.6) is 11.5 Å². The molecular weight excluding hydrogens is 566 g/mol. The van der Waals surface area contributed by atoms with Crippen molar-refractivity contribution >= 4 is 41.1 Å². The van der Waals surface area contributed by atoms with Crippen molar-refractivity contribution in [2.45, 2.75) is 0 Å². The fourth-order valence-electron chi connectivity index (χ4n) is 3.99. The van der Waals surface area contributed by atoms with Crippen LogP contribution in [-0.2, 0) is 24.0 Å². The first kappa shape index (κ1) is 34.5. The lowest BCUT2D eigenvalue weighted by atomic mass is 10.3. The van der Waals surface area contributed by atoms with E-state index in [0.29, 0.717) is 22.9 Å². The molecule has 0 saturated heterocycles. The second kappa shape index (κ2) is 17.9. The molecule has 0 spiro atoms. The predicted molar refractivity (Wildman–Crippen MR) is 155 cm³/mol. The summed E-state index contributed by atoms with van der Waals surface area (Å²) in [5.74, 6) is -3.22. The Morgan fingerprint density at radius 3 is 1.14 bits per heavy atom. The van der Waals surface area contributed by atoms with Crippen LogP contribution in [0.15, 0.2) is 48.5 Å². The zero-order valence-corrected chi connectivity index (χ0v) is 24.0. The number of rotatable bonds is 20. The second-order valence-corrected chi connectivity index (χ2v) is 9.43. The monoisotopic (exact) mass is 603 g/mol. The fraction of sp³-hybridized carbons (Fsp3) is 0.393. The molecule has 0 bridgehead atoms. The van der Waals surface area contributed by atoms with E-state index in [4.69, 9.17) is 9.47 Å². The summed E-state index contributed by atoms with van der Waals surface area (Å²) in [6.45, 7) is -1.69. The van der Waals surface area contributed by atoms with E-state index in [0.717, 1.165) is 0 Å². The van der Waals surface area contributed by atoms with Crippen molar-refractivity contribution in [2.24, 2.45) is 0 Å². The average Bonchev–Trinajstić information content (AvgIpc) is 2.94. The lowest BCUT2D eigenvalue weighted by molar-refractivity contribution is -0.140. The highest BCUT2D eigenvalue weighted by atomic mass is 16.5. The van der Waals surface area contributed by atoms with Gasteiger partial charge >= 0.3 is 17.9 Å². The lowest BCUT2D eigenvalue weighted by Gasteiger charge is -2.28. The number of carbonyl (C=O) groups excluding carboxylic acids is 2. The van der Waals surface area contributed by atoms with Crippen LogP contribution >= 0.6 is 0 Å². The molecule has 2 amide bonds. The number of carboxylic acids is 3. The minimum atomic E-state index is -1.17. The normalized spacial score (nSPS) is 10.9. The van der Waals surface area contributed by atoms with Crippen LogP contribution in [0.1, 0.15) is 0 Å². The van der Waals surface area contributed by atoms with Crippen molar-refractivity contribution in [2.75, 3.05) is 83.8 Å². The number of ether oxygens (including phenoxy) is 2. The Hall–Kier alpha value is -4.73. The highest BCUT2D eigenvalue weighted by molar-refractivity contribution is 5.93. The first-order valence-electron chi connectivity index (χ1n) is 13.2. The van der Waals surface area contributed by atoms with Gasteiger partial charge in [-0.05, 0) is 48.5 Å². The van der Waals surface area contributed by atoms with Crippen molar-refractivity contribution in [3.63, 3.8) is 0 Å². The maximum atomic E-state index is 12.6. The molecule has 0 aliphatic heterocycles. The molecule has 0 unspecified atom stereocenters. The molecule has 2 rings (SSSR count). The number of anilines is 2. The van der Waals surface area contributed by atoms with Crippen LogP contribution in [0.4, 0.5) is 11.4 Å². The molecule has 234 valence electrons. The van der Waals surface area contributed by atoms with Crippen LogP contribution in [-0.4, -0.2) is 133 Å². The summed E-state index contributed by atoms with van der Waals surface area (Å²) in [5, 5.41) is 33.4. The molecule has 0 aliphatic carbocycles. The molecule has 2 aromatic rings. The van der Waals surface area contributed by atoms with Gasteiger partial charge in [0, 0.05) is 37.6 Å². The third-order valence-corrected chi connectivity index (χ3v) is 6.02. The van der Waals surface area contributed by atoms with Gasteiger partial charge in [-0.15, -0.1) is 0 Å². The molecule has 0 radical (unpaired) electrons. The van der Waals surface area contributed by atoms with Crippen LogP contribution in [0.25, 0.3) is 0 Å². The zero-order valence-electron chi connectivity index (χ0n) is 24.0. The molecule has 5 N–H and O–H groups in total. The summed E-state index contributed by atoms with van der Waals surface area (Å²) >= 11 is 0. The Morgan fingerprint density at radius 2 is 0.837 bits per heavy atom. The molecule has 15 nitrogen and oxygen atoms in total. The van der Waals surface area contributed by atoms with Crippen LogP contribution in [0.3, 0.4) is 0 Å². The second-order valence-electron chi connectivity index (χ2n) is 9.43. The number of nitrogens with zero attached hydrogens (tertiary/aromatic N) is 3. The number of hydrogen-bond acceptors (Lipinski definition) is 10. The molecule has 0 fully saturated rings. The SMILES string of the molecule is COc1ccc(NC(=O)CN(CCN(CCN(CC(=O)O)CC(=O)Nc2ccc(OC)cc2)CC(=O)O)CC(=O)O)cc1. The standard InChI is InChI=1S/C28H37N5O10/c1-42-22-7-3-20(4-8-22)29-24(34)15-32(18-27(38)39)13-11-31(17-26(36)37)12-14-33(19-28(40)41)16-25(35)30-21-5-9-23(43-2)10-6-21/h3-10H,11-19H2,1-2H3,(H,29,34)(H,30,35)(H,36,37)(H,38,39)(H,40,41). The van der Waals surface area contributed by atoms with Crippen molar-refractivity contribution < 1.29 is 48.8 Å². The smallest absolute Gasteiger partial charge is 0.317 e. The van der Waals surface area contributed by atoms with E-state index in [-0.39, 0.29) is 39.3 Å². The molecular formula is C28H37N5O10. The summed E-state index contributed by atoms with van der Waals surface area (Å²) in [7, 11) is 3.02. The predicted octanol–water partition coefficient (Wildman–Crippen LogP) is 0.441. The highest BCUT2D eigenvalue weighted by Crippen LogP contribution is 2.16. The first-order valence-corrected chi connectivity index (χ1v) is 13.2. The number of amides is 2. The van der Waals surface area contributed by atoms with Crippen molar-refractivity contribution in [1.82, 2.24) is 14.7 Å². The lowest BCUT2D eigenvalue weighted by Crippen LogP contribution is -2.46. The van der Waals surface area contributed by atoms with E-state index in [1.165, 1.54) is 28.9 Å². The van der Waals surface area contributed by atoms with Crippen LogP contribution < -0.4 is 20.1 Å². The summed E-state index contributed by atoms with van der Waals surface area (Å²) in [5.41, 5.74) is 0.978. The molecule has 0 aromatic heterocycles. The number of benzene rings is 2. The van der Waals surface area contributed by atoms with Gasteiger partial charge in [0.1, 0.15) is 11.5 Å².